The Balaban J connectivity index is 2.16. The van der Waals surface area contributed by atoms with Crippen molar-refractivity contribution >= 4 is 43.5 Å². The minimum Gasteiger partial charge on any atom is -0.388 e. The molecule has 0 aliphatic carbocycles. The summed E-state index contributed by atoms with van der Waals surface area (Å²) in [5.41, 5.74) is 1.94. The normalized spacial score (nSPS) is 12.4. The summed E-state index contributed by atoms with van der Waals surface area (Å²) in [7, 11) is 0. The van der Waals surface area contributed by atoms with Crippen molar-refractivity contribution in [1.82, 2.24) is 0 Å². The van der Waals surface area contributed by atoms with Gasteiger partial charge in [0.05, 0.1) is 6.10 Å². The molecule has 0 amide bonds. The molecule has 1 unspecified atom stereocenters. The van der Waals surface area contributed by atoms with E-state index >= 15 is 0 Å². The number of hydrogen-bond acceptors (Lipinski definition) is 1. The molecule has 0 fully saturated rings. The first kappa shape index (κ1) is 14.1. The molecule has 94 valence electrons. The predicted molar refractivity (Wildman–Crippen MR) is 82.0 cm³/mol. The lowest BCUT2D eigenvalue weighted by Gasteiger charge is -2.12. The van der Waals surface area contributed by atoms with Gasteiger partial charge in [0, 0.05) is 20.4 Å². The molecule has 0 heterocycles. The van der Waals surface area contributed by atoms with Crippen molar-refractivity contribution in [2.24, 2.45) is 0 Å². The summed E-state index contributed by atoms with van der Waals surface area (Å²) >= 11 is 12.7. The summed E-state index contributed by atoms with van der Waals surface area (Å²) in [6, 6.07) is 13.3. The summed E-state index contributed by atoms with van der Waals surface area (Å²) in [5, 5.41) is 10.9. The molecular formula is C14H11Br2ClO. The zero-order valence-electron chi connectivity index (χ0n) is 9.41. The number of hydrogen-bond donors (Lipinski definition) is 1. The van der Waals surface area contributed by atoms with Gasteiger partial charge in [-0.1, -0.05) is 55.6 Å². The van der Waals surface area contributed by atoms with E-state index in [1.807, 2.05) is 42.5 Å². The van der Waals surface area contributed by atoms with Crippen LogP contribution in [-0.2, 0) is 6.42 Å². The molecule has 0 saturated heterocycles. The van der Waals surface area contributed by atoms with Gasteiger partial charge in [0.1, 0.15) is 0 Å². The molecule has 0 aromatic heterocycles. The van der Waals surface area contributed by atoms with Crippen molar-refractivity contribution in [3.63, 3.8) is 0 Å². The van der Waals surface area contributed by atoms with Crippen LogP contribution >= 0.6 is 43.5 Å². The fourth-order valence-corrected chi connectivity index (χ4v) is 3.18. The largest absolute Gasteiger partial charge is 0.388 e. The SMILES string of the molecule is OC(Cc1ccc(Cl)cc1)c1cc(Br)cc(Br)c1. The van der Waals surface area contributed by atoms with Gasteiger partial charge in [-0.05, 0) is 41.5 Å². The first-order valence-corrected chi connectivity index (χ1v) is 7.39. The van der Waals surface area contributed by atoms with Crippen molar-refractivity contribution < 1.29 is 5.11 Å². The van der Waals surface area contributed by atoms with E-state index in [-0.39, 0.29) is 0 Å². The quantitative estimate of drug-likeness (QED) is 0.769. The molecule has 1 N–H and O–H groups in total. The number of halogens is 3. The predicted octanol–water partition coefficient (Wildman–Crippen LogP) is 5.14. The highest BCUT2D eigenvalue weighted by Gasteiger charge is 2.10. The van der Waals surface area contributed by atoms with Gasteiger partial charge in [-0.3, -0.25) is 0 Å². The molecule has 18 heavy (non-hydrogen) atoms. The summed E-state index contributed by atoms with van der Waals surface area (Å²) in [6.07, 6.45) is 0.0417. The van der Waals surface area contributed by atoms with Crippen molar-refractivity contribution in [2.75, 3.05) is 0 Å². The maximum Gasteiger partial charge on any atom is 0.0831 e. The Labute approximate surface area is 128 Å². The second-order valence-corrected chi connectivity index (χ2v) is 6.32. The van der Waals surface area contributed by atoms with Gasteiger partial charge in [-0.25, -0.2) is 0 Å². The smallest absolute Gasteiger partial charge is 0.0831 e. The minimum atomic E-state index is -0.528. The maximum absolute atomic E-state index is 10.2. The fourth-order valence-electron chi connectivity index (χ4n) is 1.73. The standard InChI is InChI=1S/C14H11Br2ClO/c15-11-6-10(7-12(16)8-11)14(18)5-9-1-3-13(17)4-2-9/h1-4,6-8,14,18H,5H2. The number of aliphatic hydroxyl groups is 1. The third kappa shape index (κ3) is 3.82. The van der Waals surface area contributed by atoms with Crippen LogP contribution in [0.5, 0.6) is 0 Å². The number of rotatable bonds is 3. The molecule has 1 atom stereocenters. The van der Waals surface area contributed by atoms with Gasteiger partial charge in [0.15, 0.2) is 0 Å². The van der Waals surface area contributed by atoms with E-state index in [4.69, 9.17) is 11.6 Å². The zero-order valence-corrected chi connectivity index (χ0v) is 13.3. The van der Waals surface area contributed by atoms with Crippen LogP contribution in [0.15, 0.2) is 51.4 Å². The summed E-state index contributed by atoms with van der Waals surface area (Å²) in [6.45, 7) is 0. The summed E-state index contributed by atoms with van der Waals surface area (Å²) in [5.74, 6) is 0. The molecule has 4 heteroatoms. The molecule has 0 bridgehead atoms. The average Bonchev–Trinajstić information content (AvgIpc) is 2.31. The van der Waals surface area contributed by atoms with Crippen molar-refractivity contribution in [2.45, 2.75) is 12.5 Å². The van der Waals surface area contributed by atoms with Gasteiger partial charge >= 0.3 is 0 Å². The Morgan fingerprint density at radius 1 is 1.00 bits per heavy atom. The van der Waals surface area contributed by atoms with E-state index in [1.54, 1.807) is 0 Å². The maximum atomic E-state index is 10.2. The van der Waals surface area contributed by atoms with Crippen molar-refractivity contribution in [3.05, 3.63) is 67.6 Å². The highest BCUT2D eigenvalue weighted by Crippen LogP contribution is 2.26. The van der Waals surface area contributed by atoms with Crippen LogP contribution in [0, 0.1) is 0 Å². The number of aliphatic hydroxyl groups excluding tert-OH is 1. The molecule has 0 spiro atoms. The van der Waals surface area contributed by atoms with Crippen LogP contribution in [0.2, 0.25) is 5.02 Å². The second-order valence-electron chi connectivity index (χ2n) is 4.05. The number of benzene rings is 2. The molecule has 2 aromatic carbocycles. The molecule has 1 nitrogen and oxygen atoms in total. The van der Waals surface area contributed by atoms with E-state index in [2.05, 4.69) is 31.9 Å². The second kappa shape index (κ2) is 6.20. The Morgan fingerprint density at radius 3 is 2.11 bits per heavy atom. The van der Waals surface area contributed by atoms with E-state index in [1.165, 1.54) is 0 Å². The third-order valence-electron chi connectivity index (χ3n) is 2.61. The lowest BCUT2D eigenvalue weighted by molar-refractivity contribution is 0.178. The summed E-state index contributed by atoms with van der Waals surface area (Å²) in [4.78, 5) is 0. The Bertz CT molecular complexity index is 520. The van der Waals surface area contributed by atoms with Gasteiger partial charge in [0.2, 0.25) is 0 Å². The Morgan fingerprint density at radius 2 is 1.56 bits per heavy atom. The lowest BCUT2D eigenvalue weighted by Crippen LogP contribution is -2.01. The van der Waals surface area contributed by atoms with Crippen LogP contribution in [0.1, 0.15) is 17.2 Å². The van der Waals surface area contributed by atoms with Gasteiger partial charge in [-0.2, -0.15) is 0 Å². The molecule has 0 aliphatic rings. The molecular weight excluding hydrogens is 379 g/mol. The zero-order chi connectivity index (χ0) is 13.1. The van der Waals surface area contributed by atoms with Gasteiger partial charge < -0.3 is 5.11 Å². The molecule has 2 aromatic rings. The minimum absolute atomic E-state index is 0.528. The molecule has 0 radical (unpaired) electrons. The van der Waals surface area contributed by atoms with Gasteiger partial charge in [0.25, 0.3) is 0 Å². The lowest BCUT2D eigenvalue weighted by atomic mass is 10.0. The highest BCUT2D eigenvalue weighted by atomic mass is 79.9. The van der Waals surface area contributed by atoms with Gasteiger partial charge in [-0.15, -0.1) is 0 Å². The van der Waals surface area contributed by atoms with E-state index in [9.17, 15) is 5.11 Å². The fraction of sp³-hybridized carbons (Fsp3) is 0.143. The van der Waals surface area contributed by atoms with E-state index in [0.29, 0.717) is 11.4 Å². The van der Waals surface area contributed by atoms with Crippen LogP contribution in [0.4, 0.5) is 0 Å². The molecule has 0 saturated carbocycles. The van der Waals surface area contributed by atoms with Crippen LogP contribution < -0.4 is 0 Å². The Hall–Kier alpha value is -0.350. The first-order valence-electron chi connectivity index (χ1n) is 5.43. The van der Waals surface area contributed by atoms with Crippen LogP contribution in [0.3, 0.4) is 0 Å². The third-order valence-corrected chi connectivity index (χ3v) is 3.78. The molecule has 0 aliphatic heterocycles. The molecule has 2 rings (SSSR count). The van der Waals surface area contributed by atoms with Crippen molar-refractivity contribution in [1.29, 1.82) is 0 Å². The Kier molecular flexibility index (Phi) is 4.84. The van der Waals surface area contributed by atoms with Crippen LogP contribution in [0.25, 0.3) is 0 Å². The van der Waals surface area contributed by atoms with Crippen LogP contribution in [-0.4, -0.2) is 5.11 Å². The van der Waals surface area contributed by atoms with E-state index in [0.717, 1.165) is 20.1 Å². The van der Waals surface area contributed by atoms with E-state index < -0.39 is 6.10 Å². The monoisotopic (exact) mass is 388 g/mol. The van der Waals surface area contributed by atoms with Crippen molar-refractivity contribution in [3.8, 4) is 0 Å². The summed E-state index contributed by atoms with van der Waals surface area (Å²) < 4.78 is 1.89. The first-order chi connectivity index (χ1) is 8.54. The topological polar surface area (TPSA) is 20.2 Å². The average molecular weight is 391 g/mol. The highest BCUT2D eigenvalue weighted by molar-refractivity contribution is 9.11.